The molecule has 4 fully saturated rings. The Morgan fingerprint density at radius 3 is 2.79 bits per heavy atom. The highest BCUT2D eigenvalue weighted by atomic mass is 16.6. The summed E-state index contributed by atoms with van der Waals surface area (Å²) in [5.74, 6) is 0.700. The molecule has 202 valence electrons. The van der Waals surface area contributed by atoms with Gasteiger partial charge >= 0.3 is 5.97 Å². The van der Waals surface area contributed by atoms with E-state index in [1.54, 1.807) is 6.07 Å². The zero-order valence-electron chi connectivity index (χ0n) is 22.2. The number of amides is 2. The summed E-state index contributed by atoms with van der Waals surface area (Å²) in [5.41, 5.74) is 0.776. The molecular weight excluding hydrogens is 484 g/mol. The highest BCUT2D eigenvalue weighted by molar-refractivity contribution is 6.13. The number of imide groups is 1. The first-order chi connectivity index (χ1) is 18.3. The molecular formula is C30H36N2O6. The number of hydrogen-bond acceptors (Lipinski definition) is 7. The zero-order valence-corrected chi connectivity index (χ0v) is 22.2. The van der Waals surface area contributed by atoms with E-state index in [9.17, 15) is 19.5 Å². The molecule has 0 radical (unpaired) electrons. The van der Waals surface area contributed by atoms with Gasteiger partial charge in [0.15, 0.2) is 11.5 Å². The second-order valence-corrected chi connectivity index (χ2v) is 12.2. The highest BCUT2D eigenvalue weighted by Gasteiger charge is 2.74. The first kappa shape index (κ1) is 24.3. The van der Waals surface area contributed by atoms with Crippen LogP contribution in [0.15, 0.2) is 23.8 Å². The summed E-state index contributed by atoms with van der Waals surface area (Å²) < 4.78 is 12.3. The molecule has 38 heavy (non-hydrogen) atoms. The zero-order chi connectivity index (χ0) is 26.4. The van der Waals surface area contributed by atoms with Crippen LogP contribution in [0.25, 0.3) is 0 Å². The number of allylic oxidation sites excluding steroid dienone is 1. The molecule has 0 aromatic heterocycles. The molecule has 1 aromatic carbocycles. The second kappa shape index (κ2) is 8.39. The van der Waals surface area contributed by atoms with Gasteiger partial charge in [0.1, 0.15) is 6.10 Å². The lowest BCUT2D eigenvalue weighted by Gasteiger charge is -2.64. The molecule has 0 unspecified atom stereocenters. The van der Waals surface area contributed by atoms with Crippen LogP contribution in [0.4, 0.5) is 0 Å². The quantitative estimate of drug-likeness (QED) is 0.267. The largest absolute Gasteiger partial charge is 0.483 e. The lowest BCUT2D eigenvalue weighted by atomic mass is 9.48. The standard InChI is InChI=1S/C30H36N2O6/c1-3-4-5-20-15-24(34)32(28(20)35)21-10-11-30(36)23-14-19-8-9-22(37-17(2)33)26-25(19)29(30,27(21)38-26)12-13-31(23)16-18-6-7-18/h5,8-9,18,21,23,27,36H,3-4,6-7,10-16H2,1-2H3/b20-5+/t21-,23+,27+,29+,30-/m1/s1. The molecule has 2 saturated carbocycles. The molecule has 6 aliphatic rings. The van der Waals surface area contributed by atoms with Crippen LogP contribution >= 0.6 is 0 Å². The maximum absolute atomic E-state index is 13.5. The Hall–Kier alpha value is -2.71. The van der Waals surface area contributed by atoms with Gasteiger partial charge in [-0.1, -0.05) is 25.5 Å². The Kier molecular flexibility index (Phi) is 5.38. The summed E-state index contributed by atoms with van der Waals surface area (Å²) in [6, 6.07) is 3.27. The van der Waals surface area contributed by atoms with Gasteiger partial charge in [0.2, 0.25) is 5.91 Å². The normalized spacial score (nSPS) is 36.4. The van der Waals surface area contributed by atoms with Gasteiger partial charge in [0, 0.05) is 30.6 Å². The number of benzene rings is 1. The molecule has 3 aliphatic carbocycles. The predicted octanol–water partition coefficient (Wildman–Crippen LogP) is 3.03. The van der Waals surface area contributed by atoms with E-state index in [2.05, 4.69) is 4.90 Å². The fourth-order valence-corrected chi connectivity index (χ4v) is 8.35. The fraction of sp³-hybridized carbons (Fsp3) is 0.633. The van der Waals surface area contributed by atoms with Crippen molar-refractivity contribution in [3.8, 4) is 11.5 Å². The summed E-state index contributed by atoms with van der Waals surface area (Å²) in [6.07, 6.45) is 7.95. The van der Waals surface area contributed by atoms with E-state index in [1.165, 1.54) is 24.7 Å². The molecule has 7 rings (SSSR count). The van der Waals surface area contributed by atoms with Crippen molar-refractivity contribution in [2.24, 2.45) is 5.92 Å². The van der Waals surface area contributed by atoms with Crippen LogP contribution in [-0.2, 0) is 26.2 Å². The van der Waals surface area contributed by atoms with Crippen LogP contribution in [0.2, 0.25) is 0 Å². The van der Waals surface area contributed by atoms with Crippen molar-refractivity contribution in [3.63, 3.8) is 0 Å². The van der Waals surface area contributed by atoms with Crippen LogP contribution < -0.4 is 9.47 Å². The van der Waals surface area contributed by atoms with E-state index in [0.717, 1.165) is 37.1 Å². The van der Waals surface area contributed by atoms with E-state index >= 15 is 0 Å². The number of likely N-dealkylation sites (tertiary alicyclic amines) is 2. The van der Waals surface area contributed by atoms with Gasteiger partial charge in [-0.15, -0.1) is 0 Å². The van der Waals surface area contributed by atoms with Crippen molar-refractivity contribution in [3.05, 3.63) is 34.9 Å². The van der Waals surface area contributed by atoms with E-state index in [0.29, 0.717) is 48.7 Å². The Morgan fingerprint density at radius 2 is 2.05 bits per heavy atom. The van der Waals surface area contributed by atoms with Gasteiger partial charge in [-0.3, -0.25) is 24.2 Å². The van der Waals surface area contributed by atoms with Crippen molar-refractivity contribution >= 4 is 17.8 Å². The maximum atomic E-state index is 13.5. The van der Waals surface area contributed by atoms with E-state index in [-0.39, 0.29) is 24.3 Å². The average molecular weight is 521 g/mol. The van der Waals surface area contributed by atoms with Gasteiger partial charge < -0.3 is 14.6 Å². The minimum atomic E-state index is -1.05. The monoisotopic (exact) mass is 520 g/mol. The van der Waals surface area contributed by atoms with E-state index < -0.39 is 29.1 Å². The van der Waals surface area contributed by atoms with Crippen molar-refractivity contribution in [1.82, 2.24) is 9.80 Å². The van der Waals surface area contributed by atoms with Crippen LogP contribution in [0.1, 0.15) is 76.3 Å². The molecule has 3 aliphatic heterocycles. The predicted molar refractivity (Wildman–Crippen MR) is 138 cm³/mol. The molecule has 2 saturated heterocycles. The summed E-state index contributed by atoms with van der Waals surface area (Å²) >= 11 is 0. The van der Waals surface area contributed by atoms with Crippen LogP contribution in [0.3, 0.4) is 0 Å². The Bertz CT molecular complexity index is 1270. The first-order valence-electron chi connectivity index (χ1n) is 14.3. The Labute approximate surface area is 222 Å². The first-order valence-corrected chi connectivity index (χ1v) is 14.3. The number of esters is 1. The number of rotatable bonds is 6. The van der Waals surface area contributed by atoms with Crippen molar-refractivity contribution in [2.45, 2.75) is 101 Å². The number of hydrogen-bond donors (Lipinski definition) is 1. The smallest absolute Gasteiger partial charge is 0.308 e. The van der Waals surface area contributed by atoms with Gasteiger partial charge in [-0.05, 0) is 69.0 Å². The van der Waals surface area contributed by atoms with E-state index in [4.69, 9.17) is 9.47 Å². The van der Waals surface area contributed by atoms with Crippen molar-refractivity contribution < 1.29 is 29.0 Å². The SMILES string of the molecule is CCC/C=C1\CC(=O)N([C@@H]2CC[C@@]3(O)[C@@H]4Cc5ccc(OC(C)=O)c6c5[C@@]3(CCN4CC3CC3)[C@H]2O6)C1=O. The highest BCUT2D eigenvalue weighted by Crippen LogP contribution is 2.66. The fourth-order valence-electron chi connectivity index (χ4n) is 8.35. The number of piperidine rings is 1. The Morgan fingerprint density at radius 1 is 1.24 bits per heavy atom. The lowest BCUT2D eigenvalue weighted by molar-refractivity contribution is -0.201. The molecule has 1 aromatic rings. The summed E-state index contributed by atoms with van der Waals surface area (Å²) in [5, 5.41) is 12.7. The number of nitrogens with zero attached hydrogens (tertiary/aromatic N) is 2. The summed E-state index contributed by atoms with van der Waals surface area (Å²) in [4.78, 5) is 42.7. The van der Waals surface area contributed by atoms with Crippen molar-refractivity contribution in [2.75, 3.05) is 13.1 Å². The minimum Gasteiger partial charge on any atom is -0.483 e. The maximum Gasteiger partial charge on any atom is 0.308 e. The van der Waals surface area contributed by atoms with Crippen LogP contribution in [0, 0.1) is 5.92 Å². The lowest BCUT2D eigenvalue weighted by Crippen LogP contribution is -2.78. The third-order valence-electron chi connectivity index (χ3n) is 10.1. The molecule has 8 nitrogen and oxygen atoms in total. The van der Waals surface area contributed by atoms with Gasteiger partial charge in [0.05, 0.1) is 23.5 Å². The molecule has 3 heterocycles. The van der Waals surface area contributed by atoms with Crippen LogP contribution in [0.5, 0.6) is 11.5 Å². The van der Waals surface area contributed by atoms with Crippen molar-refractivity contribution in [1.29, 1.82) is 0 Å². The number of carbonyl (C=O) groups excluding carboxylic acids is 3. The molecule has 5 atom stereocenters. The van der Waals surface area contributed by atoms with Gasteiger partial charge in [-0.2, -0.15) is 0 Å². The minimum absolute atomic E-state index is 0.0492. The molecule has 8 heteroatoms. The molecule has 2 amide bonds. The number of unbranched alkanes of at least 4 members (excludes halogenated alkanes) is 1. The molecule has 1 N–H and O–H groups in total. The summed E-state index contributed by atoms with van der Waals surface area (Å²) in [6.45, 7) is 5.24. The number of aliphatic hydroxyl groups is 1. The van der Waals surface area contributed by atoms with Gasteiger partial charge in [-0.25, -0.2) is 0 Å². The molecule has 1 spiro atoms. The number of carbonyl (C=O) groups is 3. The third-order valence-corrected chi connectivity index (χ3v) is 10.1. The number of ether oxygens (including phenoxy) is 2. The third kappa shape index (κ3) is 3.19. The molecule has 2 bridgehead atoms. The van der Waals surface area contributed by atoms with Gasteiger partial charge in [0.25, 0.3) is 5.91 Å². The van der Waals surface area contributed by atoms with Crippen LogP contribution in [-0.4, -0.2) is 69.6 Å². The summed E-state index contributed by atoms with van der Waals surface area (Å²) in [7, 11) is 0. The topological polar surface area (TPSA) is 96.4 Å². The second-order valence-electron chi connectivity index (χ2n) is 12.2. The Balaban J connectivity index is 1.35. The van der Waals surface area contributed by atoms with E-state index in [1.807, 2.05) is 19.1 Å². The average Bonchev–Trinajstić information content (AvgIpc) is 3.55.